The number of nitrogens with two attached hydrogens (primary N) is 1. The lowest BCUT2D eigenvalue weighted by Gasteiger charge is -2.16. The topological polar surface area (TPSA) is 214 Å². The Balaban J connectivity index is 0.000000493. The SMILES string of the molecule is CCN(CC)CC.Nc1ncnc2c1ncn2[C@@H]1O[C@H](CNS(=O)(=O)c2n[nH]c3cc(F)ccc3c2=O)[C@@H](O)[C@H]1O. The van der Waals surface area contributed by atoms with Crippen LogP contribution in [0.25, 0.3) is 22.1 Å². The number of aliphatic hydroxyl groups is 2. The molecule has 17 heteroatoms. The Labute approximate surface area is 234 Å². The Hall–Kier alpha value is -3.61. The minimum Gasteiger partial charge on any atom is -0.387 e. The van der Waals surface area contributed by atoms with Gasteiger partial charge in [-0.15, -0.1) is 0 Å². The van der Waals surface area contributed by atoms with Crippen LogP contribution in [0.4, 0.5) is 10.2 Å². The highest BCUT2D eigenvalue weighted by molar-refractivity contribution is 7.89. The summed E-state index contributed by atoms with van der Waals surface area (Å²) in [6.07, 6.45) is -2.80. The average molecular weight is 594 g/mol. The first-order valence-corrected chi connectivity index (χ1v) is 14.3. The number of aromatic amines is 1. The summed E-state index contributed by atoms with van der Waals surface area (Å²) in [7, 11) is -4.46. The maximum atomic E-state index is 13.3. The first kappa shape index (κ1) is 30.4. The Bertz CT molecular complexity index is 1670. The highest BCUT2D eigenvalue weighted by Gasteiger charge is 2.44. The van der Waals surface area contributed by atoms with E-state index in [2.05, 4.69) is 55.5 Å². The van der Waals surface area contributed by atoms with E-state index in [-0.39, 0.29) is 27.9 Å². The molecular formula is C24H32FN9O6S. The van der Waals surface area contributed by atoms with Gasteiger partial charge in [-0.05, 0) is 37.8 Å². The standard InChI is InChI=1S/C18H17FN8O6S.C6H15N/c19-7-1-2-8-9(3-7)25-26-17(12(8)28)34(31,32)24-4-10-13(29)14(30)18(33-10)27-6-23-11-15(20)21-5-22-16(11)27;1-4-7(5-2)6-3/h1-3,5-6,10,13-14,18,24,29-30H,4H2,(H,25,28)(H2,20,21,22);4-6H2,1-3H3/t10-,13-,14-,18-;/m1./s1. The second-order valence-corrected chi connectivity index (χ2v) is 10.8. The van der Waals surface area contributed by atoms with Crippen LogP contribution in [0.5, 0.6) is 0 Å². The summed E-state index contributed by atoms with van der Waals surface area (Å²) in [4.78, 5) is 26.9. The Morgan fingerprint density at radius 2 is 1.85 bits per heavy atom. The van der Waals surface area contributed by atoms with Crippen LogP contribution in [0.2, 0.25) is 0 Å². The number of halogens is 1. The van der Waals surface area contributed by atoms with E-state index in [1.54, 1.807) is 0 Å². The zero-order chi connectivity index (χ0) is 29.9. The van der Waals surface area contributed by atoms with Gasteiger partial charge in [-0.25, -0.2) is 32.5 Å². The highest BCUT2D eigenvalue weighted by atomic mass is 32.2. The molecule has 4 atom stereocenters. The zero-order valence-electron chi connectivity index (χ0n) is 22.6. The van der Waals surface area contributed by atoms with E-state index in [4.69, 9.17) is 10.5 Å². The summed E-state index contributed by atoms with van der Waals surface area (Å²) >= 11 is 0. The Morgan fingerprint density at radius 3 is 2.51 bits per heavy atom. The lowest BCUT2D eigenvalue weighted by molar-refractivity contribution is -0.0330. The molecule has 15 nitrogen and oxygen atoms in total. The molecule has 1 aliphatic rings. The number of fused-ring (bicyclic) bond motifs is 2. The van der Waals surface area contributed by atoms with Crippen molar-refractivity contribution < 1.29 is 27.8 Å². The first-order chi connectivity index (χ1) is 19.5. The van der Waals surface area contributed by atoms with Gasteiger partial charge in [0, 0.05) is 6.54 Å². The Kier molecular flexibility index (Phi) is 9.25. The van der Waals surface area contributed by atoms with Crippen molar-refractivity contribution in [1.82, 2.24) is 39.3 Å². The fourth-order valence-electron chi connectivity index (χ4n) is 4.38. The second-order valence-electron chi connectivity index (χ2n) is 9.15. The van der Waals surface area contributed by atoms with Crippen LogP contribution in [0, 0.1) is 5.82 Å². The van der Waals surface area contributed by atoms with Crippen LogP contribution < -0.4 is 15.9 Å². The number of H-pyrrole nitrogens is 1. The molecule has 0 saturated carbocycles. The van der Waals surface area contributed by atoms with Crippen molar-refractivity contribution in [3.8, 4) is 0 Å². The predicted octanol–water partition coefficient (Wildman–Crippen LogP) is -0.270. The molecule has 0 amide bonds. The fraction of sp³-hybridized carbons (Fsp3) is 0.458. The monoisotopic (exact) mass is 593 g/mol. The van der Waals surface area contributed by atoms with E-state index in [1.165, 1.54) is 36.9 Å². The van der Waals surface area contributed by atoms with E-state index >= 15 is 0 Å². The molecular weight excluding hydrogens is 561 g/mol. The number of imidazole rings is 1. The molecule has 4 aromatic rings. The number of benzene rings is 1. The molecule has 222 valence electrons. The van der Waals surface area contributed by atoms with E-state index in [1.807, 2.05) is 0 Å². The van der Waals surface area contributed by atoms with E-state index in [0.717, 1.165) is 18.2 Å². The molecule has 1 aliphatic heterocycles. The fourth-order valence-corrected chi connectivity index (χ4v) is 5.42. The van der Waals surface area contributed by atoms with Crippen LogP contribution in [-0.2, 0) is 14.8 Å². The van der Waals surface area contributed by atoms with Crippen LogP contribution in [0.3, 0.4) is 0 Å². The zero-order valence-corrected chi connectivity index (χ0v) is 23.4. The average Bonchev–Trinajstić information content (AvgIpc) is 3.50. The molecule has 0 unspecified atom stereocenters. The number of ether oxygens (including phenoxy) is 1. The quantitative estimate of drug-likeness (QED) is 0.179. The maximum Gasteiger partial charge on any atom is 0.263 e. The number of nitrogens with one attached hydrogen (secondary N) is 2. The smallest absolute Gasteiger partial charge is 0.263 e. The van der Waals surface area contributed by atoms with Gasteiger partial charge < -0.3 is 25.6 Å². The molecule has 3 aromatic heterocycles. The van der Waals surface area contributed by atoms with Gasteiger partial charge in [-0.1, -0.05) is 20.8 Å². The Morgan fingerprint density at radius 1 is 1.15 bits per heavy atom. The summed E-state index contributed by atoms with van der Waals surface area (Å²) < 4.78 is 47.9. The normalized spacial score (nSPS) is 21.0. The van der Waals surface area contributed by atoms with Crippen LogP contribution in [-0.4, -0.2) is 97.7 Å². The van der Waals surface area contributed by atoms with Crippen molar-refractivity contribution in [3.05, 3.63) is 46.9 Å². The van der Waals surface area contributed by atoms with Gasteiger partial charge in [-0.2, -0.15) is 5.10 Å². The third-order valence-electron chi connectivity index (χ3n) is 6.77. The van der Waals surface area contributed by atoms with Crippen LogP contribution in [0.1, 0.15) is 27.0 Å². The van der Waals surface area contributed by atoms with Gasteiger partial charge in [0.05, 0.1) is 17.2 Å². The summed E-state index contributed by atoms with van der Waals surface area (Å²) in [5, 5.41) is 25.9. The number of aliphatic hydroxyl groups excluding tert-OH is 2. The minimum absolute atomic E-state index is 0.0291. The number of anilines is 1. The first-order valence-electron chi connectivity index (χ1n) is 12.9. The summed E-state index contributed by atoms with van der Waals surface area (Å²) in [5.74, 6) is -0.518. The van der Waals surface area contributed by atoms with Crippen LogP contribution in [0.15, 0.2) is 40.7 Å². The number of rotatable bonds is 8. The van der Waals surface area contributed by atoms with Crippen molar-refractivity contribution >= 4 is 37.9 Å². The molecule has 41 heavy (non-hydrogen) atoms. The van der Waals surface area contributed by atoms with Gasteiger partial charge in [0.2, 0.25) is 10.5 Å². The molecule has 0 aliphatic carbocycles. The molecule has 5 rings (SSSR count). The summed E-state index contributed by atoms with van der Waals surface area (Å²) in [6, 6.07) is 3.17. The molecule has 1 fully saturated rings. The second kappa shape index (κ2) is 12.5. The summed E-state index contributed by atoms with van der Waals surface area (Å²) in [6.45, 7) is 9.63. The molecule has 1 saturated heterocycles. The highest BCUT2D eigenvalue weighted by Crippen LogP contribution is 2.31. The van der Waals surface area contributed by atoms with Crippen molar-refractivity contribution in [2.45, 2.75) is 50.3 Å². The number of sulfonamides is 1. The van der Waals surface area contributed by atoms with Gasteiger partial charge in [0.25, 0.3) is 10.0 Å². The van der Waals surface area contributed by atoms with Crippen molar-refractivity contribution in [1.29, 1.82) is 0 Å². The predicted molar refractivity (Wildman–Crippen MR) is 147 cm³/mol. The van der Waals surface area contributed by atoms with Crippen molar-refractivity contribution in [2.24, 2.45) is 0 Å². The molecule has 0 radical (unpaired) electrons. The molecule has 1 aromatic carbocycles. The van der Waals surface area contributed by atoms with Crippen LogP contribution >= 0.6 is 0 Å². The third kappa shape index (κ3) is 6.19. The lowest BCUT2D eigenvalue weighted by atomic mass is 10.1. The van der Waals surface area contributed by atoms with E-state index < -0.39 is 57.4 Å². The molecule has 0 spiro atoms. The largest absolute Gasteiger partial charge is 0.387 e. The molecule has 6 N–H and O–H groups in total. The number of hydrogen-bond donors (Lipinski definition) is 5. The van der Waals surface area contributed by atoms with E-state index in [0.29, 0.717) is 0 Å². The molecule has 4 heterocycles. The van der Waals surface area contributed by atoms with Crippen molar-refractivity contribution in [2.75, 3.05) is 31.9 Å². The van der Waals surface area contributed by atoms with Crippen molar-refractivity contribution in [3.63, 3.8) is 0 Å². The minimum atomic E-state index is -4.46. The number of hydrogen-bond acceptors (Lipinski definition) is 12. The lowest BCUT2D eigenvalue weighted by Crippen LogP contribution is -2.41. The van der Waals surface area contributed by atoms with Gasteiger partial charge >= 0.3 is 0 Å². The number of nitrogen functional groups attached to an aromatic ring is 1. The molecule has 0 bridgehead atoms. The number of nitrogens with zero attached hydrogens (tertiary/aromatic N) is 6. The van der Waals surface area contributed by atoms with Gasteiger partial charge in [0.1, 0.15) is 36.0 Å². The number of aromatic nitrogens is 6. The van der Waals surface area contributed by atoms with Gasteiger partial charge in [0.15, 0.2) is 17.7 Å². The summed E-state index contributed by atoms with van der Waals surface area (Å²) in [5.41, 5.74) is 5.35. The van der Waals surface area contributed by atoms with Gasteiger partial charge in [-0.3, -0.25) is 14.5 Å². The third-order valence-corrected chi connectivity index (χ3v) is 8.10. The maximum absolute atomic E-state index is 13.3. The van der Waals surface area contributed by atoms with E-state index in [9.17, 15) is 27.8 Å².